The third-order valence-electron chi connectivity index (χ3n) is 12.2. The molecular formula is C43H52F6N6O5. The number of hydrogen-bond donors (Lipinski definition) is 2. The number of carbonyl (C=O) groups excluding carboxylic acids is 3. The van der Waals surface area contributed by atoms with E-state index in [4.69, 9.17) is 0 Å². The third kappa shape index (κ3) is 11.0. The van der Waals surface area contributed by atoms with Gasteiger partial charge in [0, 0.05) is 94.3 Å². The van der Waals surface area contributed by atoms with Gasteiger partial charge in [-0.25, -0.2) is 0 Å². The van der Waals surface area contributed by atoms with Gasteiger partial charge in [0.2, 0.25) is 17.7 Å². The lowest BCUT2D eigenvalue weighted by atomic mass is 9.91. The lowest BCUT2D eigenvalue weighted by molar-refractivity contribution is -0.306. The molecule has 1 aromatic carbocycles. The minimum Gasteiger partial charge on any atom is -0.410 e. The van der Waals surface area contributed by atoms with Crippen molar-refractivity contribution in [3.8, 4) is 0 Å². The Bertz CT molecular complexity index is 2120. The van der Waals surface area contributed by atoms with E-state index in [9.17, 15) is 45.5 Å². The standard InChI is InChI=1S/C43H52F6N6O5/c1-26-27(2)41(59)52(3)25-34(26)30-8-7-29(20-33(22-30)60-43(47,48)49)24-54-16-5-6-32(15-17-54)53(4)39(57)21-28-13-18-55(19-14-28)37-11-9-31(23-35(37)42(44,45)46)50-36-10-12-38(56)51-40(36)58/h7-9,11,22-23,25,28,32,36,50H,5-6,10,12-21,24H2,1-4H3,(H,51,56,58). The van der Waals surface area contributed by atoms with Crippen molar-refractivity contribution in [1.82, 2.24) is 19.7 Å². The number of rotatable bonds is 10. The largest absolute Gasteiger partial charge is 0.572 e. The molecule has 0 saturated carbocycles. The number of nitrogens with one attached hydrogen (secondary N) is 2. The Hall–Kier alpha value is -5.06. The highest BCUT2D eigenvalue weighted by atomic mass is 19.4. The molecule has 6 rings (SSSR count). The van der Waals surface area contributed by atoms with Gasteiger partial charge in [0.05, 0.1) is 5.56 Å². The number of piperidine rings is 2. The predicted octanol–water partition coefficient (Wildman–Crippen LogP) is 6.99. The predicted molar refractivity (Wildman–Crippen MR) is 215 cm³/mol. The number of nitrogens with zero attached hydrogens (tertiary/aromatic N) is 4. The number of aryl methyl sites for hydroxylation is 1. The number of aromatic nitrogens is 1. The van der Waals surface area contributed by atoms with E-state index in [0.717, 1.165) is 24.5 Å². The molecule has 11 nitrogen and oxygen atoms in total. The van der Waals surface area contributed by atoms with Gasteiger partial charge in [0.25, 0.3) is 5.56 Å². The van der Waals surface area contributed by atoms with Crippen molar-refractivity contribution in [3.63, 3.8) is 0 Å². The number of anilines is 2. The first-order valence-electron chi connectivity index (χ1n) is 20.3. The number of alkyl halides is 6. The Morgan fingerprint density at radius 1 is 0.950 bits per heavy atom. The number of benzene rings is 1. The summed E-state index contributed by atoms with van der Waals surface area (Å²) in [5, 5.41) is 5.02. The van der Waals surface area contributed by atoms with Gasteiger partial charge in [-0.05, 0) is 106 Å². The summed E-state index contributed by atoms with van der Waals surface area (Å²) in [6.45, 7) is 5.85. The highest BCUT2D eigenvalue weighted by Crippen LogP contribution is 2.40. The van der Waals surface area contributed by atoms with E-state index < -0.39 is 36.0 Å². The molecule has 3 amide bonds. The van der Waals surface area contributed by atoms with Gasteiger partial charge < -0.3 is 24.4 Å². The summed E-state index contributed by atoms with van der Waals surface area (Å²) in [5.41, 5.74) is 2.21. The van der Waals surface area contributed by atoms with E-state index in [-0.39, 0.29) is 66.2 Å². The van der Waals surface area contributed by atoms with Crippen molar-refractivity contribution in [2.24, 2.45) is 13.0 Å². The first-order chi connectivity index (χ1) is 28.3. The lowest BCUT2D eigenvalue weighted by Crippen LogP contribution is -2.47. The summed E-state index contributed by atoms with van der Waals surface area (Å²) in [6.07, 6.45) is 0.815. The molecular weight excluding hydrogens is 794 g/mol. The number of ether oxygens (including phenoxy) is 1. The fourth-order valence-electron chi connectivity index (χ4n) is 8.62. The van der Waals surface area contributed by atoms with Crippen molar-refractivity contribution in [1.29, 1.82) is 0 Å². The average Bonchev–Trinajstić information content (AvgIpc) is 3.53. The van der Waals surface area contributed by atoms with Crippen LogP contribution in [-0.2, 0) is 32.3 Å². The van der Waals surface area contributed by atoms with E-state index in [1.165, 1.54) is 22.8 Å². The molecule has 2 unspecified atom stereocenters. The first kappa shape index (κ1) is 44.5. The van der Waals surface area contributed by atoms with Crippen molar-refractivity contribution in [2.75, 3.05) is 50.0 Å². The molecule has 2 atom stereocenters. The van der Waals surface area contributed by atoms with Crippen molar-refractivity contribution < 1.29 is 45.5 Å². The van der Waals surface area contributed by atoms with E-state index in [1.54, 1.807) is 50.0 Å². The number of hydrogen-bond acceptors (Lipinski definition) is 8. The van der Waals surface area contributed by atoms with Crippen LogP contribution in [0.15, 0.2) is 58.8 Å². The van der Waals surface area contributed by atoms with Gasteiger partial charge >= 0.3 is 12.5 Å². The van der Waals surface area contributed by atoms with Crippen LogP contribution in [0.3, 0.4) is 0 Å². The molecule has 0 bridgehead atoms. The number of likely N-dealkylation sites (tertiary alicyclic amines) is 1. The molecule has 4 heterocycles. The van der Waals surface area contributed by atoms with Crippen LogP contribution >= 0.6 is 0 Å². The van der Waals surface area contributed by atoms with Gasteiger partial charge in [0.1, 0.15) is 11.8 Å². The fourth-order valence-corrected chi connectivity index (χ4v) is 8.62. The van der Waals surface area contributed by atoms with Crippen LogP contribution in [-0.4, -0.2) is 90.3 Å². The van der Waals surface area contributed by atoms with Crippen LogP contribution in [0.5, 0.6) is 0 Å². The Labute approximate surface area is 345 Å². The summed E-state index contributed by atoms with van der Waals surface area (Å²) in [7, 11) is 3.39. The molecule has 1 aliphatic carbocycles. The summed E-state index contributed by atoms with van der Waals surface area (Å²) in [4.78, 5) is 55.3. The maximum absolute atomic E-state index is 14.3. The molecule has 2 N–H and O–H groups in total. The number of imide groups is 1. The van der Waals surface area contributed by atoms with Crippen molar-refractivity contribution in [2.45, 2.75) is 96.3 Å². The topological polar surface area (TPSA) is 116 Å². The molecule has 3 fully saturated rings. The normalized spacial score (nSPS) is 21.3. The summed E-state index contributed by atoms with van der Waals surface area (Å²) in [5.74, 6) is -1.27. The number of carbonyl (C=O) groups is 3. The fraction of sp³-hybridized carbons (Fsp3) is 0.535. The molecule has 17 heteroatoms. The Morgan fingerprint density at radius 3 is 2.37 bits per heavy atom. The van der Waals surface area contributed by atoms with E-state index in [1.807, 2.05) is 6.08 Å². The van der Waals surface area contributed by atoms with Crippen molar-refractivity contribution >= 4 is 34.7 Å². The summed E-state index contributed by atoms with van der Waals surface area (Å²) in [6, 6.07) is 3.03. The summed E-state index contributed by atoms with van der Waals surface area (Å²) < 4.78 is 89.3. The molecule has 0 spiro atoms. The van der Waals surface area contributed by atoms with Crippen LogP contribution in [0.4, 0.5) is 37.7 Å². The third-order valence-corrected chi connectivity index (χ3v) is 12.2. The van der Waals surface area contributed by atoms with Gasteiger partial charge in [-0.15, -0.1) is 13.2 Å². The maximum atomic E-state index is 14.3. The highest BCUT2D eigenvalue weighted by molar-refractivity contribution is 6.01. The van der Waals surface area contributed by atoms with E-state index >= 15 is 0 Å². The summed E-state index contributed by atoms with van der Waals surface area (Å²) >= 11 is 0. The van der Waals surface area contributed by atoms with Gasteiger partial charge in [-0.1, -0.05) is 12.2 Å². The molecule has 326 valence electrons. The Balaban J connectivity index is 1.03. The van der Waals surface area contributed by atoms with E-state index in [2.05, 4.69) is 20.3 Å². The minimum atomic E-state index is -4.88. The Morgan fingerprint density at radius 2 is 1.68 bits per heavy atom. The van der Waals surface area contributed by atoms with Crippen LogP contribution in [0, 0.1) is 19.8 Å². The molecule has 4 aliphatic rings. The van der Waals surface area contributed by atoms with Gasteiger partial charge in [-0.2, -0.15) is 13.2 Å². The maximum Gasteiger partial charge on any atom is 0.572 e. The molecule has 1 aromatic heterocycles. The monoisotopic (exact) mass is 846 g/mol. The van der Waals surface area contributed by atoms with Crippen LogP contribution in [0.2, 0.25) is 0 Å². The number of allylic oxidation sites excluding steroid dienone is 5. The zero-order chi connectivity index (χ0) is 43.5. The molecule has 3 aliphatic heterocycles. The quantitative estimate of drug-likeness (QED) is 0.194. The van der Waals surface area contributed by atoms with Gasteiger partial charge in [-0.3, -0.25) is 29.4 Å². The van der Waals surface area contributed by atoms with Crippen molar-refractivity contribution in [3.05, 3.63) is 86.6 Å². The number of amides is 3. The zero-order valence-corrected chi connectivity index (χ0v) is 34.3. The second-order valence-electron chi connectivity index (χ2n) is 16.4. The SMILES string of the molecule is Cc1c(C2=CC=C(CN3CCCC(N(C)C(=O)CC4CCN(c5ccc(NC6CCC(=O)NC6=O)cc5C(F)(F)F)CC4)CC3)CC(OC(F)(F)F)=C2)cn(C)c(=O)c1C. The van der Waals surface area contributed by atoms with Crippen LogP contribution in [0.25, 0.3) is 5.57 Å². The lowest BCUT2D eigenvalue weighted by Gasteiger charge is -2.36. The molecule has 2 aromatic rings. The molecule has 60 heavy (non-hydrogen) atoms. The second-order valence-corrected chi connectivity index (χ2v) is 16.4. The highest BCUT2D eigenvalue weighted by Gasteiger charge is 2.38. The zero-order valence-electron chi connectivity index (χ0n) is 34.3. The second kappa shape index (κ2) is 18.3. The van der Waals surface area contributed by atoms with E-state index in [0.29, 0.717) is 74.2 Å². The Kier molecular flexibility index (Phi) is 13.6. The van der Waals surface area contributed by atoms with Gasteiger partial charge in [0.15, 0.2) is 0 Å². The molecule has 3 saturated heterocycles. The van der Waals surface area contributed by atoms with Crippen LogP contribution in [0.1, 0.15) is 80.0 Å². The smallest absolute Gasteiger partial charge is 0.410 e. The number of halogens is 6. The first-order valence-corrected chi connectivity index (χ1v) is 20.3. The van der Waals surface area contributed by atoms with Crippen LogP contribution < -0.4 is 21.1 Å². The minimum absolute atomic E-state index is 0.00369. The molecule has 0 radical (unpaired) electrons. The average molecular weight is 847 g/mol. The number of pyridine rings is 1.